The van der Waals surface area contributed by atoms with E-state index in [0.29, 0.717) is 23.6 Å². The fourth-order valence-corrected chi connectivity index (χ4v) is 4.52. The molecular weight excluding hydrogens is 455 g/mol. The molecule has 0 bridgehead atoms. The number of nitrogens with zero attached hydrogens (tertiary/aromatic N) is 5. The van der Waals surface area contributed by atoms with E-state index >= 15 is 0 Å². The van der Waals surface area contributed by atoms with Gasteiger partial charge < -0.3 is 5.32 Å². The summed E-state index contributed by atoms with van der Waals surface area (Å²) in [6, 6.07) is 16.7. The molecule has 1 N–H and O–H groups in total. The minimum Gasteiger partial charge on any atom is -0.321 e. The summed E-state index contributed by atoms with van der Waals surface area (Å²) >= 11 is 0. The lowest BCUT2D eigenvalue weighted by molar-refractivity contribution is -0.116. The summed E-state index contributed by atoms with van der Waals surface area (Å²) in [4.78, 5) is 17.6. The molecule has 5 aromatic rings. The van der Waals surface area contributed by atoms with Crippen molar-refractivity contribution in [2.75, 3.05) is 5.32 Å². The lowest BCUT2D eigenvalue weighted by Crippen LogP contribution is -2.20. The summed E-state index contributed by atoms with van der Waals surface area (Å²) in [5, 5.41) is 13.1. The third-order valence-corrected chi connectivity index (χ3v) is 6.33. The number of aromatic nitrogens is 5. The van der Waals surface area contributed by atoms with Gasteiger partial charge in [-0.3, -0.25) is 9.48 Å². The van der Waals surface area contributed by atoms with Gasteiger partial charge in [-0.1, -0.05) is 42.0 Å². The highest BCUT2D eigenvalue weighted by atomic mass is 19.1. The zero-order valence-corrected chi connectivity index (χ0v) is 20.7. The number of carbonyl (C=O) groups excluding carboxylic acids is 1. The zero-order valence-electron chi connectivity index (χ0n) is 20.7. The SMILES string of the molecule is Cc1ccc(-c2ccnc3c2c(C)nn3CC(=O)Nc2c(C)nn(Cc3cccc(F)c3)c2C)cc1. The minimum absolute atomic E-state index is 0.0165. The molecule has 0 aliphatic rings. The van der Waals surface area contributed by atoms with Gasteiger partial charge in [0.05, 0.1) is 29.3 Å². The Hall–Kier alpha value is -4.33. The Morgan fingerprint density at radius 1 is 0.944 bits per heavy atom. The van der Waals surface area contributed by atoms with Gasteiger partial charge >= 0.3 is 0 Å². The van der Waals surface area contributed by atoms with E-state index in [1.807, 2.05) is 32.9 Å². The Morgan fingerprint density at radius 2 is 1.69 bits per heavy atom. The largest absolute Gasteiger partial charge is 0.321 e. The Morgan fingerprint density at radius 3 is 2.44 bits per heavy atom. The second-order valence-corrected chi connectivity index (χ2v) is 9.05. The topological polar surface area (TPSA) is 77.6 Å². The summed E-state index contributed by atoms with van der Waals surface area (Å²) in [7, 11) is 0. The van der Waals surface area contributed by atoms with Gasteiger partial charge in [0.2, 0.25) is 5.91 Å². The van der Waals surface area contributed by atoms with E-state index < -0.39 is 0 Å². The third-order valence-electron chi connectivity index (χ3n) is 6.33. The third kappa shape index (κ3) is 4.49. The molecule has 1 amide bonds. The summed E-state index contributed by atoms with van der Waals surface area (Å²) in [6.45, 7) is 8.15. The lowest BCUT2D eigenvalue weighted by atomic mass is 10.0. The van der Waals surface area contributed by atoms with Gasteiger partial charge in [0.25, 0.3) is 0 Å². The van der Waals surface area contributed by atoms with Crippen LogP contribution < -0.4 is 5.32 Å². The lowest BCUT2D eigenvalue weighted by Gasteiger charge is -2.08. The number of nitrogens with one attached hydrogen (secondary N) is 1. The van der Waals surface area contributed by atoms with Crippen molar-refractivity contribution in [3.8, 4) is 11.1 Å². The Kier molecular flexibility index (Phi) is 6.10. The van der Waals surface area contributed by atoms with E-state index in [9.17, 15) is 9.18 Å². The highest BCUT2D eigenvalue weighted by molar-refractivity contribution is 5.96. The maximum absolute atomic E-state index is 13.6. The number of pyridine rings is 1. The molecular formula is C28H27FN6O. The van der Waals surface area contributed by atoms with Crippen molar-refractivity contribution in [1.82, 2.24) is 24.5 Å². The number of halogens is 1. The summed E-state index contributed by atoms with van der Waals surface area (Å²) in [5.41, 5.74) is 7.73. The summed E-state index contributed by atoms with van der Waals surface area (Å²) < 4.78 is 17.0. The van der Waals surface area contributed by atoms with Crippen LogP contribution in [0.2, 0.25) is 0 Å². The number of amides is 1. The van der Waals surface area contributed by atoms with Crippen LogP contribution >= 0.6 is 0 Å². The molecule has 8 heteroatoms. The smallest absolute Gasteiger partial charge is 0.246 e. The average molecular weight is 483 g/mol. The summed E-state index contributed by atoms with van der Waals surface area (Å²) in [5.74, 6) is -0.512. The number of carbonyl (C=O) groups is 1. The van der Waals surface area contributed by atoms with Gasteiger partial charge in [0, 0.05) is 11.6 Å². The van der Waals surface area contributed by atoms with Gasteiger partial charge in [-0.05, 0) is 62.6 Å². The molecule has 0 aliphatic heterocycles. The second-order valence-electron chi connectivity index (χ2n) is 9.05. The van der Waals surface area contributed by atoms with E-state index in [4.69, 9.17) is 0 Å². The molecule has 0 aliphatic carbocycles. The molecule has 3 aromatic heterocycles. The zero-order chi connectivity index (χ0) is 25.4. The van der Waals surface area contributed by atoms with Crippen molar-refractivity contribution >= 4 is 22.6 Å². The summed E-state index contributed by atoms with van der Waals surface area (Å²) in [6.07, 6.45) is 1.75. The Bertz CT molecular complexity index is 1580. The average Bonchev–Trinajstić information content (AvgIpc) is 3.30. The van der Waals surface area contributed by atoms with Gasteiger partial charge in [-0.2, -0.15) is 10.2 Å². The van der Waals surface area contributed by atoms with Crippen molar-refractivity contribution in [2.45, 2.75) is 40.8 Å². The molecule has 182 valence electrons. The Balaban J connectivity index is 1.39. The first-order valence-electron chi connectivity index (χ1n) is 11.8. The van der Waals surface area contributed by atoms with Crippen LogP contribution in [0, 0.1) is 33.5 Å². The van der Waals surface area contributed by atoms with Crippen LogP contribution in [0.1, 0.15) is 28.2 Å². The van der Waals surface area contributed by atoms with Crippen LogP contribution in [0.4, 0.5) is 10.1 Å². The molecule has 36 heavy (non-hydrogen) atoms. The van der Waals surface area contributed by atoms with E-state index in [1.165, 1.54) is 17.7 Å². The van der Waals surface area contributed by atoms with Crippen molar-refractivity contribution in [1.29, 1.82) is 0 Å². The number of aryl methyl sites for hydroxylation is 3. The first-order valence-corrected chi connectivity index (χ1v) is 11.8. The van der Waals surface area contributed by atoms with Gasteiger partial charge in [0.15, 0.2) is 5.65 Å². The predicted molar refractivity (Wildman–Crippen MR) is 138 cm³/mol. The maximum atomic E-state index is 13.6. The molecule has 0 spiro atoms. The fraction of sp³-hybridized carbons (Fsp3) is 0.214. The van der Waals surface area contributed by atoms with Gasteiger partial charge in [0.1, 0.15) is 12.4 Å². The van der Waals surface area contributed by atoms with Gasteiger partial charge in [-0.25, -0.2) is 14.1 Å². The van der Waals surface area contributed by atoms with Crippen molar-refractivity contribution in [2.24, 2.45) is 0 Å². The molecule has 0 unspecified atom stereocenters. The molecule has 2 aromatic carbocycles. The second kappa shape index (κ2) is 9.37. The Labute approximate surface area is 208 Å². The van der Waals surface area contributed by atoms with Gasteiger partial charge in [-0.15, -0.1) is 0 Å². The highest BCUT2D eigenvalue weighted by Gasteiger charge is 2.18. The molecule has 0 atom stereocenters. The standard InChI is InChI=1S/C28H27FN6O/c1-17-8-10-22(11-9-17)24-12-13-30-28-26(24)18(2)32-35(28)16-25(36)31-27-19(3)33-34(20(27)4)15-21-6-5-7-23(29)14-21/h5-14H,15-16H2,1-4H3,(H,31,36). The molecule has 3 heterocycles. The highest BCUT2D eigenvalue weighted by Crippen LogP contribution is 2.30. The molecule has 0 saturated heterocycles. The minimum atomic E-state index is -0.288. The van der Waals surface area contributed by atoms with Crippen molar-refractivity contribution < 1.29 is 9.18 Å². The predicted octanol–water partition coefficient (Wildman–Crippen LogP) is 5.35. The van der Waals surface area contributed by atoms with Crippen LogP contribution in [-0.4, -0.2) is 30.5 Å². The first kappa shape index (κ1) is 23.4. The number of rotatable bonds is 6. The number of anilines is 1. The van der Waals surface area contributed by atoms with Crippen molar-refractivity contribution in [3.63, 3.8) is 0 Å². The van der Waals surface area contributed by atoms with Crippen LogP contribution in [0.25, 0.3) is 22.2 Å². The van der Waals surface area contributed by atoms with E-state index in [1.54, 1.807) is 21.6 Å². The monoisotopic (exact) mass is 482 g/mol. The van der Waals surface area contributed by atoms with E-state index in [0.717, 1.165) is 33.5 Å². The number of hydrogen-bond donors (Lipinski definition) is 1. The first-order chi connectivity index (χ1) is 17.3. The van der Waals surface area contributed by atoms with Crippen LogP contribution in [0.3, 0.4) is 0 Å². The van der Waals surface area contributed by atoms with Crippen LogP contribution in [0.5, 0.6) is 0 Å². The number of benzene rings is 2. The molecule has 7 nitrogen and oxygen atoms in total. The quantitative estimate of drug-likeness (QED) is 0.354. The van der Waals surface area contributed by atoms with Crippen molar-refractivity contribution in [3.05, 3.63) is 94.8 Å². The number of fused-ring (bicyclic) bond motifs is 1. The number of hydrogen-bond acceptors (Lipinski definition) is 4. The normalized spacial score (nSPS) is 11.2. The van der Waals surface area contributed by atoms with Crippen LogP contribution in [-0.2, 0) is 17.9 Å². The van der Waals surface area contributed by atoms with E-state index in [-0.39, 0.29) is 18.3 Å². The molecule has 0 fully saturated rings. The van der Waals surface area contributed by atoms with Crippen LogP contribution in [0.15, 0.2) is 60.8 Å². The maximum Gasteiger partial charge on any atom is 0.246 e. The van der Waals surface area contributed by atoms with E-state index in [2.05, 4.69) is 51.7 Å². The molecule has 0 saturated carbocycles. The molecule has 5 rings (SSSR count). The molecule has 0 radical (unpaired) electrons. The fourth-order valence-electron chi connectivity index (χ4n) is 4.52.